The predicted octanol–water partition coefficient (Wildman–Crippen LogP) is 1.15. The summed E-state index contributed by atoms with van der Waals surface area (Å²) < 4.78 is 5.36. The van der Waals surface area contributed by atoms with Crippen LogP contribution >= 0.6 is 12.4 Å². The average molecular weight is 286 g/mol. The van der Waals surface area contributed by atoms with Gasteiger partial charge >= 0.3 is 0 Å². The molecule has 6 nitrogen and oxygen atoms in total. The van der Waals surface area contributed by atoms with Crippen molar-refractivity contribution in [3.63, 3.8) is 0 Å². The Balaban J connectivity index is 0.00000324. The number of ether oxygens (including phenoxy) is 1. The lowest BCUT2D eigenvalue weighted by molar-refractivity contribution is 0.340. The molecule has 0 atom stereocenters. The molecule has 0 aromatic heterocycles. The highest BCUT2D eigenvalue weighted by Gasteiger charge is 2.04. The van der Waals surface area contributed by atoms with Crippen LogP contribution < -0.4 is 16.2 Å². The standard InChI is InChI=1S/C12H19N5O.ClH/c1-3-18-10-6-4-9(5-7-10)8-17(2)12(15)16-11(13)14;/h4-7H,3,8H2,1-2H3,(H5,13,14,15,16);1H. The van der Waals surface area contributed by atoms with Gasteiger partial charge < -0.3 is 21.1 Å². The molecule has 1 aromatic rings. The van der Waals surface area contributed by atoms with E-state index >= 15 is 0 Å². The molecule has 7 heteroatoms. The lowest BCUT2D eigenvalue weighted by Gasteiger charge is -2.17. The van der Waals surface area contributed by atoms with Gasteiger partial charge in [-0.25, -0.2) is 0 Å². The van der Waals surface area contributed by atoms with Crippen molar-refractivity contribution >= 4 is 24.3 Å². The largest absolute Gasteiger partial charge is 0.494 e. The van der Waals surface area contributed by atoms with Crippen molar-refractivity contribution in [3.8, 4) is 5.75 Å². The summed E-state index contributed by atoms with van der Waals surface area (Å²) in [6, 6.07) is 7.70. The summed E-state index contributed by atoms with van der Waals surface area (Å²) in [5.41, 5.74) is 11.5. The molecule has 0 saturated carbocycles. The van der Waals surface area contributed by atoms with Gasteiger partial charge in [-0.3, -0.25) is 5.41 Å². The molecule has 0 aliphatic heterocycles. The summed E-state index contributed by atoms with van der Waals surface area (Å²) in [5, 5.41) is 7.64. The van der Waals surface area contributed by atoms with Crippen molar-refractivity contribution in [2.75, 3.05) is 13.7 Å². The van der Waals surface area contributed by atoms with Gasteiger partial charge in [-0.15, -0.1) is 12.4 Å². The zero-order chi connectivity index (χ0) is 13.5. The smallest absolute Gasteiger partial charge is 0.221 e. The van der Waals surface area contributed by atoms with Gasteiger partial charge in [-0.2, -0.15) is 4.99 Å². The van der Waals surface area contributed by atoms with Crippen LogP contribution in [0.25, 0.3) is 0 Å². The van der Waals surface area contributed by atoms with E-state index in [1.54, 1.807) is 11.9 Å². The minimum Gasteiger partial charge on any atom is -0.494 e. The minimum atomic E-state index is -0.112. The van der Waals surface area contributed by atoms with E-state index in [9.17, 15) is 0 Å². The molecular weight excluding hydrogens is 266 g/mol. The van der Waals surface area contributed by atoms with E-state index in [2.05, 4.69) is 4.99 Å². The molecule has 0 spiro atoms. The van der Waals surface area contributed by atoms with E-state index in [4.69, 9.17) is 21.6 Å². The Hall–Kier alpha value is -1.95. The lowest BCUT2D eigenvalue weighted by atomic mass is 10.2. The average Bonchev–Trinajstić information content (AvgIpc) is 2.31. The molecule has 0 fully saturated rings. The molecule has 5 N–H and O–H groups in total. The summed E-state index contributed by atoms with van der Waals surface area (Å²) in [6.45, 7) is 3.15. The molecular formula is C12H20ClN5O. The number of nitrogens with two attached hydrogens (primary N) is 2. The second kappa shape index (κ2) is 8.20. The fourth-order valence-electron chi connectivity index (χ4n) is 1.41. The summed E-state index contributed by atoms with van der Waals surface area (Å²) >= 11 is 0. The molecule has 0 bridgehead atoms. The molecule has 1 rings (SSSR count). The van der Waals surface area contributed by atoms with Crippen molar-refractivity contribution in [1.82, 2.24) is 4.90 Å². The van der Waals surface area contributed by atoms with E-state index in [0.29, 0.717) is 13.2 Å². The maximum atomic E-state index is 7.64. The topological polar surface area (TPSA) is 101 Å². The maximum Gasteiger partial charge on any atom is 0.221 e. The van der Waals surface area contributed by atoms with Gasteiger partial charge in [-0.05, 0) is 24.6 Å². The van der Waals surface area contributed by atoms with E-state index in [1.807, 2.05) is 31.2 Å². The van der Waals surface area contributed by atoms with Crippen LogP contribution in [0.1, 0.15) is 12.5 Å². The van der Waals surface area contributed by atoms with Gasteiger partial charge in [0.15, 0.2) is 5.96 Å². The minimum absolute atomic E-state index is 0. The van der Waals surface area contributed by atoms with Crippen LogP contribution in [-0.4, -0.2) is 30.5 Å². The Morgan fingerprint density at radius 2 is 1.89 bits per heavy atom. The second-order valence-corrected chi connectivity index (χ2v) is 3.79. The van der Waals surface area contributed by atoms with Gasteiger partial charge in [-0.1, -0.05) is 12.1 Å². The number of rotatable bonds is 4. The third-order valence-electron chi connectivity index (χ3n) is 2.25. The van der Waals surface area contributed by atoms with Crippen LogP contribution in [0.4, 0.5) is 0 Å². The number of benzene rings is 1. The number of hydrogen-bond acceptors (Lipinski definition) is 2. The Morgan fingerprint density at radius 3 is 2.37 bits per heavy atom. The number of nitrogens with zero attached hydrogens (tertiary/aromatic N) is 2. The monoisotopic (exact) mass is 285 g/mol. The fraction of sp³-hybridized carbons (Fsp3) is 0.333. The van der Waals surface area contributed by atoms with Gasteiger partial charge in [0.05, 0.1) is 6.61 Å². The van der Waals surface area contributed by atoms with E-state index in [0.717, 1.165) is 11.3 Å². The highest BCUT2D eigenvalue weighted by molar-refractivity contribution is 5.91. The SMILES string of the molecule is CCOc1ccc(CN(C)C(=N)N=C(N)N)cc1.Cl. The van der Waals surface area contributed by atoms with E-state index < -0.39 is 0 Å². The number of hydrogen-bond donors (Lipinski definition) is 3. The molecule has 0 radical (unpaired) electrons. The van der Waals surface area contributed by atoms with Crippen molar-refractivity contribution in [3.05, 3.63) is 29.8 Å². The van der Waals surface area contributed by atoms with Gasteiger partial charge in [0.2, 0.25) is 5.96 Å². The molecule has 0 amide bonds. The van der Waals surface area contributed by atoms with Gasteiger partial charge in [0.25, 0.3) is 0 Å². The first-order valence-electron chi connectivity index (χ1n) is 5.64. The highest BCUT2D eigenvalue weighted by Crippen LogP contribution is 2.13. The number of guanidine groups is 2. The van der Waals surface area contributed by atoms with E-state index in [-0.39, 0.29) is 24.3 Å². The third kappa shape index (κ3) is 5.96. The number of halogens is 1. The summed E-state index contributed by atoms with van der Waals surface area (Å²) in [7, 11) is 1.76. The normalized spacial score (nSPS) is 9.16. The first-order chi connectivity index (χ1) is 8.52. The van der Waals surface area contributed by atoms with Crippen LogP contribution in [0.2, 0.25) is 0 Å². The first kappa shape index (κ1) is 17.1. The Labute approximate surface area is 119 Å². The molecule has 0 heterocycles. The maximum absolute atomic E-state index is 7.64. The van der Waals surface area contributed by atoms with Crippen LogP contribution in [0.5, 0.6) is 5.75 Å². The van der Waals surface area contributed by atoms with Crippen LogP contribution in [0, 0.1) is 5.41 Å². The second-order valence-electron chi connectivity index (χ2n) is 3.79. The Bertz CT molecular complexity index is 428. The number of nitrogens with one attached hydrogen (secondary N) is 1. The quantitative estimate of drug-likeness (QED) is 0.570. The lowest BCUT2D eigenvalue weighted by Crippen LogP contribution is -2.30. The highest BCUT2D eigenvalue weighted by atomic mass is 35.5. The van der Waals surface area contributed by atoms with Crippen molar-refractivity contribution in [1.29, 1.82) is 5.41 Å². The molecule has 19 heavy (non-hydrogen) atoms. The van der Waals surface area contributed by atoms with Crippen molar-refractivity contribution in [2.45, 2.75) is 13.5 Å². The summed E-state index contributed by atoms with van der Waals surface area (Å²) in [6.07, 6.45) is 0. The molecule has 0 unspecified atom stereocenters. The van der Waals surface area contributed by atoms with Crippen LogP contribution in [-0.2, 0) is 6.54 Å². The van der Waals surface area contributed by atoms with Gasteiger partial charge in [0.1, 0.15) is 5.75 Å². The van der Waals surface area contributed by atoms with Crippen molar-refractivity contribution < 1.29 is 4.74 Å². The fourth-order valence-corrected chi connectivity index (χ4v) is 1.41. The summed E-state index contributed by atoms with van der Waals surface area (Å²) in [5.74, 6) is 0.755. The predicted molar refractivity (Wildman–Crippen MR) is 79.9 cm³/mol. The molecule has 1 aromatic carbocycles. The zero-order valence-electron chi connectivity index (χ0n) is 11.1. The number of aliphatic imine (C=N–C) groups is 1. The third-order valence-corrected chi connectivity index (χ3v) is 2.25. The Morgan fingerprint density at radius 1 is 1.32 bits per heavy atom. The van der Waals surface area contributed by atoms with Crippen molar-refractivity contribution in [2.24, 2.45) is 16.5 Å². The first-order valence-corrected chi connectivity index (χ1v) is 5.64. The molecule has 0 aliphatic rings. The van der Waals surface area contributed by atoms with Gasteiger partial charge in [0, 0.05) is 13.6 Å². The molecule has 0 saturated heterocycles. The Kier molecular flexibility index (Phi) is 7.36. The van der Waals surface area contributed by atoms with Crippen LogP contribution in [0.15, 0.2) is 29.3 Å². The van der Waals surface area contributed by atoms with E-state index in [1.165, 1.54) is 0 Å². The molecule has 0 aliphatic carbocycles. The summed E-state index contributed by atoms with van der Waals surface area (Å²) in [4.78, 5) is 5.33. The molecule has 106 valence electrons. The zero-order valence-corrected chi connectivity index (χ0v) is 11.9. The van der Waals surface area contributed by atoms with Crippen LogP contribution in [0.3, 0.4) is 0 Å².